The first kappa shape index (κ1) is 19.9. The van der Waals surface area contributed by atoms with Crippen LogP contribution in [-0.2, 0) is 9.16 Å². The standard InChI is InChI=1S/C19H26Cl2N2O2Si/c1-19(2,3)26(4,5)25-11-14-7-6-13(10-24-14)23-12-22-17-8-15(20)16(21)9-18(17)23/h6-9,12-14H,10-11H2,1-5H3/t13-,14+/m0/s1. The maximum Gasteiger partial charge on any atom is 0.192 e. The molecule has 1 aromatic carbocycles. The van der Waals surface area contributed by atoms with E-state index >= 15 is 0 Å². The minimum Gasteiger partial charge on any atom is -0.414 e. The average Bonchev–Trinajstić information content (AvgIpc) is 2.95. The van der Waals surface area contributed by atoms with Crippen LogP contribution >= 0.6 is 23.2 Å². The summed E-state index contributed by atoms with van der Waals surface area (Å²) in [5.41, 5.74) is 1.78. The molecule has 0 fully saturated rings. The Bertz CT molecular complexity index is 827. The SMILES string of the molecule is CC(C)(C)[Si](C)(C)OC[C@H]1C=C[C@H](n2cnc3cc(Cl)c(Cl)cc32)CO1. The van der Waals surface area contributed by atoms with Gasteiger partial charge in [0.25, 0.3) is 0 Å². The lowest BCUT2D eigenvalue weighted by Crippen LogP contribution is -2.43. The van der Waals surface area contributed by atoms with E-state index in [1.54, 1.807) is 6.07 Å². The van der Waals surface area contributed by atoms with Crippen LogP contribution in [0.1, 0.15) is 26.8 Å². The Morgan fingerprint density at radius 2 is 1.92 bits per heavy atom. The summed E-state index contributed by atoms with van der Waals surface area (Å²) in [7, 11) is -1.76. The lowest BCUT2D eigenvalue weighted by Gasteiger charge is -2.37. The van der Waals surface area contributed by atoms with Crippen molar-refractivity contribution < 1.29 is 9.16 Å². The predicted octanol–water partition coefficient (Wildman–Crippen LogP) is 5.86. The van der Waals surface area contributed by atoms with Crippen LogP contribution in [0.4, 0.5) is 0 Å². The molecule has 0 spiro atoms. The zero-order chi connectivity index (χ0) is 19.1. The number of rotatable bonds is 4. The molecule has 0 saturated heterocycles. The van der Waals surface area contributed by atoms with E-state index in [2.05, 4.69) is 55.6 Å². The molecule has 7 heteroatoms. The third kappa shape index (κ3) is 4.02. The minimum absolute atomic E-state index is 0.00630. The Kier molecular flexibility index (Phi) is 5.57. The fourth-order valence-corrected chi connectivity index (χ4v) is 3.99. The molecule has 3 rings (SSSR count). The third-order valence-corrected chi connectivity index (χ3v) is 10.6. The van der Waals surface area contributed by atoms with Crippen molar-refractivity contribution in [1.82, 2.24) is 9.55 Å². The van der Waals surface area contributed by atoms with E-state index < -0.39 is 8.32 Å². The van der Waals surface area contributed by atoms with Gasteiger partial charge in [0.1, 0.15) is 0 Å². The van der Waals surface area contributed by atoms with Crippen LogP contribution in [0.25, 0.3) is 11.0 Å². The highest BCUT2D eigenvalue weighted by atomic mass is 35.5. The summed E-state index contributed by atoms with van der Waals surface area (Å²) in [5, 5.41) is 1.24. The lowest BCUT2D eigenvalue weighted by atomic mass is 10.2. The number of nitrogens with zero attached hydrogens (tertiary/aromatic N) is 2. The van der Waals surface area contributed by atoms with Gasteiger partial charge in [0.05, 0.1) is 52.8 Å². The average molecular weight is 413 g/mol. The quantitative estimate of drug-likeness (QED) is 0.465. The molecule has 142 valence electrons. The van der Waals surface area contributed by atoms with Gasteiger partial charge in [0.2, 0.25) is 0 Å². The number of hydrogen-bond donors (Lipinski definition) is 0. The fourth-order valence-electron chi connectivity index (χ4n) is 2.66. The van der Waals surface area contributed by atoms with Crippen molar-refractivity contribution in [2.45, 2.75) is 51.0 Å². The van der Waals surface area contributed by atoms with Crippen molar-refractivity contribution in [3.05, 3.63) is 40.7 Å². The zero-order valence-electron chi connectivity index (χ0n) is 15.9. The second-order valence-corrected chi connectivity index (χ2v) is 13.9. The maximum atomic E-state index is 6.27. The molecule has 1 aromatic heterocycles. The molecular weight excluding hydrogens is 387 g/mol. The van der Waals surface area contributed by atoms with Crippen LogP contribution in [0.15, 0.2) is 30.6 Å². The molecule has 0 N–H and O–H groups in total. The van der Waals surface area contributed by atoms with Crippen molar-refractivity contribution in [3.8, 4) is 0 Å². The summed E-state index contributed by atoms with van der Waals surface area (Å²) >= 11 is 12.2. The van der Waals surface area contributed by atoms with Crippen LogP contribution in [0, 0.1) is 0 Å². The topological polar surface area (TPSA) is 36.3 Å². The minimum atomic E-state index is -1.76. The summed E-state index contributed by atoms with van der Waals surface area (Å²) in [6, 6.07) is 3.73. The summed E-state index contributed by atoms with van der Waals surface area (Å²) in [6.45, 7) is 12.4. The van der Waals surface area contributed by atoms with E-state index in [0.29, 0.717) is 23.3 Å². The maximum absolute atomic E-state index is 6.27. The number of fused-ring (bicyclic) bond motifs is 1. The molecule has 0 saturated carbocycles. The molecule has 1 aliphatic rings. The van der Waals surface area contributed by atoms with Gasteiger partial charge >= 0.3 is 0 Å². The van der Waals surface area contributed by atoms with Gasteiger partial charge in [-0.1, -0.05) is 56.1 Å². The first-order valence-corrected chi connectivity index (χ1v) is 12.5. The van der Waals surface area contributed by atoms with E-state index in [1.807, 2.05) is 12.4 Å². The van der Waals surface area contributed by atoms with Crippen LogP contribution in [0.5, 0.6) is 0 Å². The summed E-state index contributed by atoms with van der Waals surface area (Å²) in [6.07, 6.45) is 6.05. The van der Waals surface area contributed by atoms with Crippen molar-refractivity contribution in [2.75, 3.05) is 13.2 Å². The number of hydrogen-bond acceptors (Lipinski definition) is 3. The van der Waals surface area contributed by atoms with E-state index in [4.69, 9.17) is 32.4 Å². The molecule has 4 nitrogen and oxygen atoms in total. The van der Waals surface area contributed by atoms with Gasteiger partial charge in [-0.15, -0.1) is 0 Å². The molecule has 1 aliphatic heterocycles. The van der Waals surface area contributed by atoms with Gasteiger partial charge in [-0.2, -0.15) is 0 Å². The van der Waals surface area contributed by atoms with Crippen molar-refractivity contribution in [1.29, 1.82) is 0 Å². The first-order valence-electron chi connectivity index (χ1n) is 8.84. The Morgan fingerprint density at radius 1 is 1.23 bits per heavy atom. The highest BCUT2D eigenvalue weighted by Crippen LogP contribution is 2.37. The lowest BCUT2D eigenvalue weighted by molar-refractivity contribution is 0.0261. The number of ether oxygens (including phenoxy) is 1. The Labute approximate surface area is 166 Å². The van der Waals surface area contributed by atoms with Gasteiger partial charge in [0, 0.05) is 0 Å². The number of imidazole rings is 1. The normalized spacial score (nSPS) is 21.5. The summed E-state index contributed by atoms with van der Waals surface area (Å²) in [4.78, 5) is 4.42. The molecular formula is C19H26Cl2N2O2Si. The summed E-state index contributed by atoms with van der Waals surface area (Å²) in [5.74, 6) is 0. The Balaban J connectivity index is 1.69. The predicted molar refractivity (Wildman–Crippen MR) is 111 cm³/mol. The molecule has 26 heavy (non-hydrogen) atoms. The van der Waals surface area contributed by atoms with Crippen molar-refractivity contribution in [2.24, 2.45) is 0 Å². The Morgan fingerprint density at radius 3 is 2.54 bits per heavy atom. The molecule has 0 amide bonds. The molecule has 0 unspecified atom stereocenters. The second-order valence-electron chi connectivity index (χ2n) is 8.30. The van der Waals surface area contributed by atoms with E-state index in [9.17, 15) is 0 Å². The van der Waals surface area contributed by atoms with Gasteiger partial charge in [-0.05, 0) is 30.3 Å². The van der Waals surface area contributed by atoms with E-state index in [1.165, 1.54) is 0 Å². The zero-order valence-corrected chi connectivity index (χ0v) is 18.4. The van der Waals surface area contributed by atoms with Gasteiger partial charge < -0.3 is 13.7 Å². The highest BCUT2D eigenvalue weighted by molar-refractivity contribution is 6.74. The number of halogens is 2. The monoisotopic (exact) mass is 412 g/mol. The summed E-state index contributed by atoms with van der Waals surface area (Å²) < 4.78 is 14.4. The largest absolute Gasteiger partial charge is 0.414 e. The second kappa shape index (κ2) is 7.28. The van der Waals surface area contributed by atoms with Gasteiger partial charge in [-0.3, -0.25) is 0 Å². The van der Waals surface area contributed by atoms with Crippen LogP contribution in [0.2, 0.25) is 28.2 Å². The highest BCUT2D eigenvalue weighted by Gasteiger charge is 2.37. The van der Waals surface area contributed by atoms with E-state index in [0.717, 1.165) is 11.0 Å². The first-order chi connectivity index (χ1) is 12.1. The van der Waals surface area contributed by atoms with Gasteiger partial charge in [-0.25, -0.2) is 4.98 Å². The molecule has 2 atom stereocenters. The smallest absolute Gasteiger partial charge is 0.192 e. The molecule has 0 radical (unpaired) electrons. The molecule has 0 bridgehead atoms. The number of benzene rings is 1. The Hall–Kier alpha value is -0.853. The fraction of sp³-hybridized carbons (Fsp3) is 0.526. The van der Waals surface area contributed by atoms with Crippen LogP contribution in [0.3, 0.4) is 0 Å². The van der Waals surface area contributed by atoms with Crippen molar-refractivity contribution >= 4 is 42.6 Å². The van der Waals surface area contributed by atoms with Gasteiger partial charge in [0.15, 0.2) is 8.32 Å². The molecule has 0 aliphatic carbocycles. The molecule has 2 heterocycles. The van der Waals surface area contributed by atoms with Crippen molar-refractivity contribution in [3.63, 3.8) is 0 Å². The molecule has 2 aromatic rings. The van der Waals surface area contributed by atoms with Crippen LogP contribution in [-0.4, -0.2) is 37.2 Å². The van der Waals surface area contributed by atoms with E-state index in [-0.39, 0.29) is 17.2 Å². The third-order valence-electron chi connectivity index (χ3n) is 5.42. The van der Waals surface area contributed by atoms with Crippen LogP contribution < -0.4 is 0 Å². The number of aromatic nitrogens is 2.